The Labute approximate surface area is 147 Å². The van der Waals surface area contributed by atoms with Crippen molar-refractivity contribution in [3.8, 4) is 0 Å². The van der Waals surface area contributed by atoms with Crippen LogP contribution in [0.15, 0.2) is 42.6 Å². The number of pyridine rings is 1. The average molecular weight is 359 g/mol. The highest BCUT2D eigenvalue weighted by molar-refractivity contribution is 7.91. The number of sulfone groups is 1. The molecule has 25 heavy (non-hydrogen) atoms. The summed E-state index contributed by atoms with van der Waals surface area (Å²) in [6.45, 7) is 2.66. The molecule has 7 heteroatoms. The molecule has 0 radical (unpaired) electrons. The first-order chi connectivity index (χ1) is 11.9. The molecule has 1 fully saturated rings. The van der Waals surface area contributed by atoms with Crippen LogP contribution in [0.3, 0.4) is 0 Å². The summed E-state index contributed by atoms with van der Waals surface area (Å²) in [5, 5.41) is 6.00. The lowest BCUT2D eigenvalue weighted by molar-refractivity contribution is 0.0941. The van der Waals surface area contributed by atoms with E-state index in [2.05, 4.69) is 15.6 Å². The number of rotatable bonds is 5. The predicted molar refractivity (Wildman–Crippen MR) is 97.3 cm³/mol. The summed E-state index contributed by atoms with van der Waals surface area (Å²) in [4.78, 5) is 16.6. The molecule has 1 aliphatic rings. The third-order valence-electron chi connectivity index (χ3n) is 4.31. The van der Waals surface area contributed by atoms with Crippen LogP contribution in [-0.4, -0.2) is 36.9 Å². The van der Waals surface area contributed by atoms with Crippen LogP contribution in [0.25, 0.3) is 0 Å². The van der Waals surface area contributed by atoms with Crippen LogP contribution < -0.4 is 10.6 Å². The minimum Gasteiger partial charge on any atom is -0.366 e. The second-order valence-electron chi connectivity index (χ2n) is 6.28. The number of nitrogens with zero attached hydrogens (tertiary/aromatic N) is 1. The Bertz CT molecular complexity index is 881. The average Bonchev–Trinajstić information content (AvgIpc) is 2.93. The van der Waals surface area contributed by atoms with Gasteiger partial charge in [-0.25, -0.2) is 13.4 Å². The van der Waals surface area contributed by atoms with Crippen LogP contribution in [-0.2, 0) is 16.4 Å². The Balaban J connectivity index is 1.63. The van der Waals surface area contributed by atoms with E-state index in [1.807, 2.05) is 31.2 Å². The van der Waals surface area contributed by atoms with E-state index in [1.54, 1.807) is 18.3 Å². The maximum Gasteiger partial charge on any atom is 0.251 e. The molecule has 0 bridgehead atoms. The smallest absolute Gasteiger partial charge is 0.251 e. The van der Waals surface area contributed by atoms with Gasteiger partial charge in [-0.15, -0.1) is 0 Å². The molecule has 0 saturated carbocycles. The Morgan fingerprint density at radius 2 is 2.08 bits per heavy atom. The summed E-state index contributed by atoms with van der Waals surface area (Å²) in [6.07, 6.45) is 2.04. The molecule has 2 N–H and O–H groups in total. The van der Waals surface area contributed by atoms with E-state index in [0.717, 1.165) is 5.56 Å². The Kier molecular flexibility index (Phi) is 5.03. The number of aromatic nitrogens is 1. The molecule has 132 valence electrons. The molecule has 0 aliphatic carbocycles. The summed E-state index contributed by atoms with van der Waals surface area (Å²) < 4.78 is 23.0. The first-order valence-electron chi connectivity index (χ1n) is 8.19. The second-order valence-corrected chi connectivity index (χ2v) is 8.51. The van der Waals surface area contributed by atoms with Gasteiger partial charge in [0.2, 0.25) is 0 Å². The van der Waals surface area contributed by atoms with Gasteiger partial charge in [-0.3, -0.25) is 4.79 Å². The highest BCUT2D eigenvalue weighted by Crippen LogP contribution is 2.14. The SMILES string of the molecule is Cc1ccccc1CNc1cc(C(=O)NC2CCS(=O)(=O)C2)ccn1. The first-order valence-corrected chi connectivity index (χ1v) is 10.0. The third-order valence-corrected chi connectivity index (χ3v) is 6.08. The van der Waals surface area contributed by atoms with Crippen LogP contribution in [0.1, 0.15) is 27.9 Å². The fourth-order valence-electron chi connectivity index (χ4n) is 2.84. The normalized spacial score (nSPS) is 18.7. The monoisotopic (exact) mass is 359 g/mol. The maximum atomic E-state index is 12.3. The van der Waals surface area contributed by atoms with E-state index in [4.69, 9.17) is 0 Å². The van der Waals surface area contributed by atoms with Crippen LogP contribution in [0.4, 0.5) is 5.82 Å². The zero-order chi connectivity index (χ0) is 17.9. The molecule has 1 saturated heterocycles. The van der Waals surface area contributed by atoms with Gasteiger partial charge in [-0.05, 0) is 36.6 Å². The van der Waals surface area contributed by atoms with Crippen LogP contribution in [0.2, 0.25) is 0 Å². The number of benzene rings is 1. The summed E-state index contributed by atoms with van der Waals surface area (Å²) >= 11 is 0. The number of carbonyl (C=O) groups is 1. The van der Waals surface area contributed by atoms with Crippen molar-refractivity contribution in [3.63, 3.8) is 0 Å². The molecule has 0 spiro atoms. The summed E-state index contributed by atoms with van der Waals surface area (Å²) in [7, 11) is -3.01. The maximum absolute atomic E-state index is 12.3. The summed E-state index contributed by atoms with van der Waals surface area (Å²) in [5.74, 6) is 0.484. The van der Waals surface area contributed by atoms with Crippen molar-refractivity contribution in [2.75, 3.05) is 16.8 Å². The second kappa shape index (κ2) is 7.23. The topological polar surface area (TPSA) is 88.2 Å². The fourth-order valence-corrected chi connectivity index (χ4v) is 4.51. The minimum absolute atomic E-state index is 0.0161. The van der Waals surface area contributed by atoms with Gasteiger partial charge < -0.3 is 10.6 Å². The number of amides is 1. The van der Waals surface area contributed by atoms with Gasteiger partial charge in [0.25, 0.3) is 5.91 Å². The Hall–Kier alpha value is -2.41. The van der Waals surface area contributed by atoms with Gasteiger partial charge in [-0.2, -0.15) is 0 Å². The van der Waals surface area contributed by atoms with Gasteiger partial charge in [0.15, 0.2) is 9.84 Å². The number of carbonyl (C=O) groups excluding carboxylic acids is 1. The predicted octanol–water partition coefficient (Wildman–Crippen LogP) is 1.92. The molecular formula is C18H21N3O3S. The molecule has 1 unspecified atom stereocenters. The largest absolute Gasteiger partial charge is 0.366 e. The first kappa shape index (κ1) is 17.4. The Morgan fingerprint density at radius 3 is 2.80 bits per heavy atom. The van der Waals surface area contributed by atoms with Gasteiger partial charge >= 0.3 is 0 Å². The lowest BCUT2D eigenvalue weighted by Crippen LogP contribution is -2.35. The molecule has 2 aromatic rings. The third kappa shape index (κ3) is 4.57. The highest BCUT2D eigenvalue weighted by atomic mass is 32.2. The molecule has 3 rings (SSSR count). The standard InChI is InChI=1S/C18H21N3O3S/c1-13-4-2-3-5-15(13)11-20-17-10-14(6-8-19-17)18(22)21-16-7-9-25(23,24)12-16/h2-6,8,10,16H,7,9,11-12H2,1H3,(H,19,20)(H,21,22). The fraction of sp³-hybridized carbons (Fsp3) is 0.333. The number of nitrogens with one attached hydrogen (secondary N) is 2. The van der Waals surface area contributed by atoms with Crippen LogP contribution in [0.5, 0.6) is 0 Å². The van der Waals surface area contributed by atoms with Gasteiger partial charge in [0.05, 0.1) is 11.5 Å². The van der Waals surface area contributed by atoms with E-state index in [9.17, 15) is 13.2 Å². The van der Waals surface area contributed by atoms with E-state index in [-0.39, 0.29) is 23.5 Å². The van der Waals surface area contributed by atoms with E-state index in [1.165, 1.54) is 5.56 Å². The molecule has 1 atom stereocenters. The van der Waals surface area contributed by atoms with Crippen LogP contribution in [0, 0.1) is 6.92 Å². The lowest BCUT2D eigenvalue weighted by atomic mass is 10.1. The molecular weight excluding hydrogens is 338 g/mol. The van der Waals surface area contributed by atoms with Crippen molar-refractivity contribution in [1.29, 1.82) is 0 Å². The summed E-state index contributed by atoms with van der Waals surface area (Å²) in [5.41, 5.74) is 2.81. The zero-order valence-corrected chi connectivity index (χ0v) is 14.8. The minimum atomic E-state index is -3.01. The number of hydrogen-bond acceptors (Lipinski definition) is 5. The molecule has 1 aromatic carbocycles. The van der Waals surface area contributed by atoms with E-state index in [0.29, 0.717) is 24.3 Å². The van der Waals surface area contributed by atoms with E-state index < -0.39 is 9.84 Å². The Morgan fingerprint density at radius 1 is 1.28 bits per heavy atom. The quantitative estimate of drug-likeness (QED) is 0.851. The van der Waals surface area contributed by atoms with Crippen LogP contribution >= 0.6 is 0 Å². The molecule has 1 amide bonds. The number of hydrogen-bond donors (Lipinski definition) is 2. The van der Waals surface area contributed by atoms with E-state index >= 15 is 0 Å². The van der Waals surface area contributed by atoms with Crippen molar-refractivity contribution in [3.05, 3.63) is 59.3 Å². The lowest BCUT2D eigenvalue weighted by Gasteiger charge is -2.12. The van der Waals surface area contributed by atoms with Gasteiger partial charge in [0.1, 0.15) is 5.82 Å². The highest BCUT2D eigenvalue weighted by Gasteiger charge is 2.29. The van der Waals surface area contributed by atoms with Gasteiger partial charge in [-0.1, -0.05) is 24.3 Å². The zero-order valence-electron chi connectivity index (χ0n) is 14.0. The molecule has 1 aromatic heterocycles. The molecule has 1 aliphatic heterocycles. The molecule has 6 nitrogen and oxygen atoms in total. The number of aryl methyl sites for hydroxylation is 1. The van der Waals surface area contributed by atoms with Gasteiger partial charge in [0, 0.05) is 24.3 Å². The van der Waals surface area contributed by atoms with Crippen molar-refractivity contribution >= 4 is 21.6 Å². The number of anilines is 1. The summed E-state index contributed by atoms with van der Waals surface area (Å²) in [6, 6.07) is 11.1. The van der Waals surface area contributed by atoms with Crippen molar-refractivity contribution in [1.82, 2.24) is 10.3 Å². The van der Waals surface area contributed by atoms with Crippen molar-refractivity contribution < 1.29 is 13.2 Å². The van der Waals surface area contributed by atoms with Crippen molar-refractivity contribution in [2.45, 2.75) is 25.9 Å². The molecule has 2 heterocycles. The van der Waals surface area contributed by atoms with Crippen molar-refractivity contribution in [2.24, 2.45) is 0 Å².